The first kappa shape index (κ1) is 13.4. The standard InChI is InChI=1S/C14H11BrClFO/c1-9-5-6-10(7-13(9)17)18-14-4-2-3-12(16)11(14)8-15/h2-7H,8H2,1H3. The van der Waals surface area contributed by atoms with Crippen LogP contribution in [0.5, 0.6) is 11.5 Å². The fraction of sp³-hybridized carbons (Fsp3) is 0.143. The molecule has 1 nitrogen and oxygen atoms in total. The molecule has 0 N–H and O–H groups in total. The summed E-state index contributed by atoms with van der Waals surface area (Å²) in [5, 5.41) is 1.20. The minimum atomic E-state index is -0.282. The van der Waals surface area contributed by atoms with E-state index in [1.54, 1.807) is 37.3 Å². The van der Waals surface area contributed by atoms with E-state index in [1.807, 2.05) is 0 Å². The molecule has 18 heavy (non-hydrogen) atoms. The molecule has 0 atom stereocenters. The van der Waals surface area contributed by atoms with Gasteiger partial charge in [-0.25, -0.2) is 4.39 Å². The van der Waals surface area contributed by atoms with Crippen LogP contribution in [-0.4, -0.2) is 0 Å². The van der Waals surface area contributed by atoms with Crippen LogP contribution < -0.4 is 4.74 Å². The Hall–Kier alpha value is -1.06. The maximum Gasteiger partial charge on any atom is 0.132 e. The monoisotopic (exact) mass is 328 g/mol. The van der Waals surface area contributed by atoms with E-state index in [4.69, 9.17) is 16.3 Å². The fourth-order valence-electron chi connectivity index (χ4n) is 1.53. The van der Waals surface area contributed by atoms with Crippen molar-refractivity contribution in [1.82, 2.24) is 0 Å². The van der Waals surface area contributed by atoms with Gasteiger partial charge >= 0.3 is 0 Å². The molecular formula is C14H11BrClFO. The molecule has 2 rings (SSSR count). The first-order valence-corrected chi connectivity index (χ1v) is 6.89. The molecular weight excluding hydrogens is 319 g/mol. The first-order valence-electron chi connectivity index (χ1n) is 5.39. The van der Waals surface area contributed by atoms with Crippen molar-refractivity contribution in [2.24, 2.45) is 0 Å². The number of benzene rings is 2. The molecule has 0 spiro atoms. The van der Waals surface area contributed by atoms with E-state index >= 15 is 0 Å². The molecule has 0 unspecified atom stereocenters. The Morgan fingerprint density at radius 2 is 2.06 bits per heavy atom. The second kappa shape index (κ2) is 5.72. The van der Waals surface area contributed by atoms with Crippen molar-refractivity contribution < 1.29 is 9.13 Å². The third kappa shape index (κ3) is 2.85. The summed E-state index contributed by atoms with van der Waals surface area (Å²) >= 11 is 9.43. The van der Waals surface area contributed by atoms with E-state index in [2.05, 4.69) is 15.9 Å². The normalized spacial score (nSPS) is 10.4. The van der Waals surface area contributed by atoms with Gasteiger partial charge in [-0.2, -0.15) is 0 Å². The summed E-state index contributed by atoms with van der Waals surface area (Å²) in [6.45, 7) is 1.71. The van der Waals surface area contributed by atoms with Crippen molar-refractivity contribution in [3.63, 3.8) is 0 Å². The first-order chi connectivity index (χ1) is 8.61. The van der Waals surface area contributed by atoms with Gasteiger partial charge in [0.25, 0.3) is 0 Å². The Bertz CT molecular complexity index is 572. The fourth-order valence-corrected chi connectivity index (χ4v) is 2.50. The lowest BCUT2D eigenvalue weighted by atomic mass is 10.2. The number of ether oxygens (including phenoxy) is 1. The molecule has 0 radical (unpaired) electrons. The Labute approximate surface area is 119 Å². The summed E-state index contributed by atoms with van der Waals surface area (Å²) in [6, 6.07) is 10.2. The third-order valence-electron chi connectivity index (χ3n) is 2.58. The molecule has 0 bridgehead atoms. The number of alkyl halides is 1. The van der Waals surface area contributed by atoms with Gasteiger partial charge < -0.3 is 4.74 Å². The Morgan fingerprint density at radius 1 is 1.28 bits per heavy atom. The summed E-state index contributed by atoms with van der Waals surface area (Å²) in [6.07, 6.45) is 0. The second-order valence-corrected chi connectivity index (χ2v) is 4.83. The van der Waals surface area contributed by atoms with Crippen LogP contribution in [0.2, 0.25) is 5.02 Å². The maximum absolute atomic E-state index is 13.4. The van der Waals surface area contributed by atoms with E-state index in [1.165, 1.54) is 6.07 Å². The summed E-state index contributed by atoms with van der Waals surface area (Å²) < 4.78 is 19.1. The lowest BCUT2D eigenvalue weighted by Gasteiger charge is -2.11. The van der Waals surface area contributed by atoms with Crippen molar-refractivity contribution in [3.8, 4) is 11.5 Å². The van der Waals surface area contributed by atoms with Crippen molar-refractivity contribution >= 4 is 27.5 Å². The lowest BCUT2D eigenvalue weighted by molar-refractivity contribution is 0.472. The van der Waals surface area contributed by atoms with Crippen LogP contribution in [-0.2, 0) is 5.33 Å². The van der Waals surface area contributed by atoms with Gasteiger partial charge in [-0.15, -0.1) is 0 Å². The van der Waals surface area contributed by atoms with Crippen LogP contribution in [0.3, 0.4) is 0 Å². The number of halogens is 3. The molecule has 94 valence electrons. The SMILES string of the molecule is Cc1ccc(Oc2cccc(Cl)c2CBr)cc1F. The van der Waals surface area contributed by atoms with E-state index in [9.17, 15) is 4.39 Å². The van der Waals surface area contributed by atoms with Crippen LogP contribution >= 0.6 is 27.5 Å². The molecule has 0 saturated carbocycles. The van der Waals surface area contributed by atoms with Gasteiger partial charge in [0.1, 0.15) is 17.3 Å². The van der Waals surface area contributed by atoms with Gasteiger partial charge in [-0.3, -0.25) is 0 Å². The molecule has 0 heterocycles. The predicted molar refractivity (Wildman–Crippen MR) is 75.3 cm³/mol. The van der Waals surface area contributed by atoms with Crippen LogP contribution in [0, 0.1) is 12.7 Å². The van der Waals surface area contributed by atoms with E-state index in [-0.39, 0.29) is 5.82 Å². The summed E-state index contributed by atoms with van der Waals surface area (Å²) in [7, 11) is 0. The van der Waals surface area contributed by atoms with Crippen LogP contribution in [0.4, 0.5) is 4.39 Å². The highest BCUT2D eigenvalue weighted by Gasteiger charge is 2.08. The maximum atomic E-state index is 13.4. The molecule has 0 amide bonds. The van der Waals surface area contributed by atoms with Crippen molar-refractivity contribution in [2.75, 3.05) is 0 Å². The molecule has 0 aromatic heterocycles. The Morgan fingerprint density at radius 3 is 2.72 bits per heavy atom. The molecule has 0 fully saturated rings. The zero-order valence-corrected chi connectivity index (χ0v) is 12.1. The topological polar surface area (TPSA) is 9.23 Å². The van der Waals surface area contributed by atoms with Gasteiger partial charge in [0.15, 0.2) is 0 Å². The van der Waals surface area contributed by atoms with Crippen LogP contribution in [0.1, 0.15) is 11.1 Å². The van der Waals surface area contributed by atoms with Crippen molar-refractivity contribution in [3.05, 3.63) is 58.4 Å². The zero-order chi connectivity index (χ0) is 13.1. The van der Waals surface area contributed by atoms with Crippen molar-refractivity contribution in [1.29, 1.82) is 0 Å². The van der Waals surface area contributed by atoms with Gasteiger partial charge in [-0.05, 0) is 30.7 Å². The molecule has 2 aromatic rings. The minimum Gasteiger partial charge on any atom is -0.457 e. The van der Waals surface area contributed by atoms with Gasteiger partial charge in [0.2, 0.25) is 0 Å². The number of aryl methyl sites for hydroxylation is 1. The molecule has 0 aliphatic heterocycles. The quantitative estimate of drug-likeness (QED) is 0.678. The molecule has 0 aliphatic rings. The van der Waals surface area contributed by atoms with Gasteiger partial charge in [0.05, 0.1) is 0 Å². The smallest absolute Gasteiger partial charge is 0.132 e. The largest absolute Gasteiger partial charge is 0.457 e. The minimum absolute atomic E-state index is 0.282. The number of hydrogen-bond acceptors (Lipinski definition) is 1. The Kier molecular flexibility index (Phi) is 4.25. The highest BCUT2D eigenvalue weighted by Crippen LogP contribution is 2.32. The lowest BCUT2D eigenvalue weighted by Crippen LogP contribution is -1.92. The average molecular weight is 330 g/mol. The molecule has 0 aliphatic carbocycles. The summed E-state index contributed by atoms with van der Waals surface area (Å²) in [4.78, 5) is 0. The molecule has 2 aromatic carbocycles. The molecule has 0 saturated heterocycles. The highest BCUT2D eigenvalue weighted by atomic mass is 79.9. The van der Waals surface area contributed by atoms with Gasteiger partial charge in [-0.1, -0.05) is 39.7 Å². The molecule has 4 heteroatoms. The summed E-state index contributed by atoms with van der Waals surface area (Å²) in [5.74, 6) is 0.806. The number of rotatable bonds is 3. The number of hydrogen-bond donors (Lipinski definition) is 0. The zero-order valence-electron chi connectivity index (χ0n) is 9.71. The second-order valence-electron chi connectivity index (χ2n) is 3.86. The van der Waals surface area contributed by atoms with Crippen LogP contribution in [0.15, 0.2) is 36.4 Å². The predicted octanol–water partition coefficient (Wildman–Crippen LogP) is 5.47. The van der Waals surface area contributed by atoms with E-state index in [0.29, 0.717) is 27.4 Å². The van der Waals surface area contributed by atoms with Gasteiger partial charge in [0, 0.05) is 22.0 Å². The highest BCUT2D eigenvalue weighted by molar-refractivity contribution is 9.08. The van der Waals surface area contributed by atoms with Crippen LogP contribution in [0.25, 0.3) is 0 Å². The van der Waals surface area contributed by atoms with E-state index < -0.39 is 0 Å². The summed E-state index contributed by atoms with van der Waals surface area (Å²) in [5.41, 5.74) is 1.44. The third-order valence-corrected chi connectivity index (χ3v) is 3.50. The average Bonchev–Trinajstić information content (AvgIpc) is 2.34. The van der Waals surface area contributed by atoms with Crippen molar-refractivity contribution in [2.45, 2.75) is 12.3 Å². The Balaban J connectivity index is 2.34. The van der Waals surface area contributed by atoms with E-state index in [0.717, 1.165) is 5.56 Å².